The van der Waals surface area contributed by atoms with Crippen LogP contribution in [0.2, 0.25) is 0 Å². The van der Waals surface area contributed by atoms with Crippen molar-refractivity contribution in [3.05, 3.63) is 113 Å². The fraction of sp³-hybridized carbons (Fsp3) is 0.214. The van der Waals surface area contributed by atoms with Gasteiger partial charge in [-0.15, -0.1) is 0 Å². The Morgan fingerprint density at radius 3 is 2.74 bits per heavy atom. The normalized spacial score (nSPS) is 18.8. The van der Waals surface area contributed by atoms with Gasteiger partial charge in [0.25, 0.3) is 5.91 Å². The first-order valence-electron chi connectivity index (χ1n) is 11.5. The molecule has 2 aromatic carbocycles. The van der Waals surface area contributed by atoms with Crippen molar-refractivity contribution in [2.45, 2.75) is 32.1 Å². The molecule has 1 heterocycles. The van der Waals surface area contributed by atoms with Crippen molar-refractivity contribution in [1.82, 2.24) is 10.2 Å². The third-order valence-electron chi connectivity index (χ3n) is 5.97. The van der Waals surface area contributed by atoms with Gasteiger partial charge in [0.15, 0.2) is 6.17 Å². The first kappa shape index (κ1) is 24.6. The molecule has 2 aliphatic rings. The highest BCUT2D eigenvalue weighted by molar-refractivity contribution is 7.80. The average Bonchev–Trinajstić information content (AvgIpc) is 3.10. The van der Waals surface area contributed by atoms with Crippen LogP contribution in [0, 0.1) is 0 Å². The molecule has 0 fully saturated rings. The largest absolute Gasteiger partial charge is 0.508 e. The lowest BCUT2D eigenvalue weighted by Crippen LogP contribution is -2.46. The molecule has 7 heteroatoms. The number of hydrogen-bond acceptors (Lipinski definition) is 6. The Hall–Kier alpha value is -3.55. The van der Waals surface area contributed by atoms with Crippen molar-refractivity contribution in [2.24, 2.45) is 10.7 Å². The summed E-state index contributed by atoms with van der Waals surface area (Å²) in [5.41, 5.74) is 11.8. The maximum atomic E-state index is 14.0. The van der Waals surface area contributed by atoms with Crippen molar-refractivity contribution < 1.29 is 9.90 Å². The monoisotopic (exact) mass is 486 g/mol. The summed E-state index contributed by atoms with van der Waals surface area (Å²) in [4.78, 5) is 20.7. The zero-order chi connectivity index (χ0) is 24.9. The van der Waals surface area contributed by atoms with Crippen LogP contribution >= 0.6 is 12.6 Å². The number of fused-ring (bicyclic) bond motifs is 1. The number of aliphatic imine (C=N–C) groups is 1. The van der Waals surface area contributed by atoms with E-state index >= 15 is 0 Å². The maximum Gasteiger partial charge on any atom is 0.272 e. The van der Waals surface area contributed by atoms with Crippen LogP contribution in [0.25, 0.3) is 0 Å². The van der Waals surface area contributed by atoms with E-state index in [0.29, 0.717) is 23.6 Å². The molecule has 0 bridgehead atoms. The highest BCUT2D eigenvalue weighted by atomic mass is 32.1. The van der Waals surface area contributed by atoms with Gasteiger partial charge >= 0.3 is 0 Å². The summed E-state index contributed by atoms with van der Waals surface area (Å²) in [6.07, 6.45) is 6.00. The van der Waals surface area contributed by atoms with Crippen molar-refractivity contribution in [2.75, 3.05) is 5.75 Å². The van der Waals surface area contributed by atoms with Crippen LogP contribution in [0.4, 0.5) is 0 Å². The summed E-state index contributed by atoms with van der Waals surface area (Å²) < 4.78 is 0. The highest BCUT2D eigenvalue weighted by Crippen LogP contribution is 2.31. The van der Waals surface area contributed by atoms with Crippen LogP contribution in [0.5, 0.6) is 5.75 Å². The summed E-state index contributed by atoms with van der Waals surface area (Å²) in [6.45, 7) is 6.34. The van der Waals surface area contributed by atoms with E-state index in [1.165, 1.54) is 0 Å². The molecule has 4 N–H and O–H groups in total. The summed E-state index contributed by atoms with van der Waals surface area (Å²) in [5, 5.41) is 13.2. The minimum Gasteiger partial charge on any atom is -0.508 e. The number of nitrogens with zero attached hydrogens (tertiary/aromatic N) is 2. The van der Waals surface area contributed by atoms with Gasteiger partial charge in [-0.25, -0.2) is 4.99 Å². The van der Waals surface area contributed by atoms with Gasteiger partial charge in [-0.05, 0) is 37.1 Å². The average molecular weight is 487 g/mol. The number of hydrogen-bond donors (Lipinski definition) is 4. The second-order valence-electron chi connectivity index (χ2n) is 8.63. The first-order chi connectivity index (χ1) is 16.9. The van der Waals surface area contributed by atoms with Crippen LogP contribution in [-0.2, 0) is 11.3 Å². The van der Waals surface area contributed by atoms with E-state index in [0.717, 1.165) is 28.0 Å². The zero-order valence-electron chi connectivity index (χ0n) is 19.7. The van der Waals surface area contributed by atoms with Crippen molar-refractivity contribution in [3.63, 3.8) is 0 Å². The standard InChI is InChI=1S/C28H30N4O2S/c1-18-8-6-13-25-23(14-18)26(21-10-4-3-5-11-21)31-27(30-19(2)24(29)17-35)28(34)32(25)16-20-9-7-12-22(33)15-20/h3-5,7-15,24,27,30,33,35H,2,6,16-17,29H2,1H3. The molecule has 2 aromatic rings. The lowest BCUT2D eigenvalue weighted by molar-refractivity contribution is -0.131. The minimum absolute atomic E-state index is 0.150. The second kappa shape index (κ2) is 10.8. The Morgan fingerprint density at radius 1 is 1.26 bits per heavy atom. The molecule has 180 valence electrons. The molecule has 4 rings (SSSR count). The van der Waals surface area contributed by atoms with Gasteiger partial charge in [0.05, 0.1) is 18.3 Å². The van der Waals surface area contributed by atoms with Crippen LogP contribution in [0.1, 0.15) is 24.5 Å². The fourth-order valence-corrected chi connectivity index (χ4v) is 4.33. The van der Waals surface area contributed by atoms with E-state index in [4.69, 9.17) is 10.7 Å². The van der Waals surface area contributed by atoms with E-state index in [2.05, 4.69) is 42.8 Å². The molecule has 2 atom stereocenters. The number of amides is 1. The smallest absolute Gasteiger partial charge is 0.272 e. The van der Waals surface area contributed by atoms with Gasteiger partial charge in [0, 0.05) is 28.3 Å². The number of rotatable bonds is 7. The maximum absolute atomic E-state index is 14.0. The molecule has 1 aliphatic heterocycles. The molecule has 0 saturated carbocycles. The predicted octanol–water partition coefficient (Wildman–Crippen LogP) is 4.07. The molecule has 0 saturated heterocycles. The number of benzene rings is 2. The van der Waals surface area contributed by atoms with Crippen molar-refractivity contribution in [1.29, 1.82) is 0 Å². The molecule has 0 spiro atoms. The van der Waals surface area contributed by atoms with Crippen LogP contribution < -0.4 is 11.1 Å². The zero-order valence-corrected chi connectivity index (χ0v) is 20.6. The minimum atomic E-state index is -0.932. The van der Waals surface area contributed by atoms with E-state index in [1.807, 2.05) is 43.3 Å². The summed E-state index contributed by atoms with van der Waals surface area (Å²) >= 11 is 4.27. The van der Waals surface area contributed by atoms with Gasteiger partial charge in [0.2, 0.25) is 0 Å². The number of nitrogens with two attached hydrogens (primary N) is 1. The van der Waals surface area contributed by atoms with Gasteiger partial charge in [-0.1, -0.05) is 66.8 Å². The molecule has 2 unspecified atom stereocenters. The first-order valence-corrected chi connectivity index (χ1v) is 12.1. The number of thiol groups is 1. The molecule has 1 aliphatic carbocycles. The molecule has 6 nitrogen and oxygen atoms in total. The quantitative estimate of drug-likeness (QED) is 0.444. The summed E-state index contributed by atoms with van der Waals surface area (Å²) in [7, 11) is 0. The highest BCUT2D eigenvalue weighted by Gasteiger charge is 2.35. The lowest BCUT2D eigenvalue weighted by Gasteiger charge is -2.28. The lowest BCUT2D eigenvalue weighted by atomic mass is 9.97. The number of nitrogens with one attached hydrogen (secondary N) is 1. The van der Waals surface area contributed by atoms with Crippen LogP contribution in [-0.4, -0.2) is 39.6 Å². The molecule has 1 amide bonds. The Morgan fingerprint density at radius 2 is 2.03 bits per heavy atom. The van der Waals surface area contributed by atoms with Crippen LogP contribution in [0.15, 0.2) is 107 Å². The van der Waals surface area contributed by atoms with E-state index in [1.54, 1.807) is 23.1 Å². The van der Waals surface area contributed by atoms with Crippen LogP contribution in [0.3, 0.4) is 0 Å². The van der Waals surface area contributed by atoms with E-state index < -0.39 is 12.2 Å². The number of phenolic OH excluding ortho intramolecular Hbond substituents is 1. The number of phenols is 1. The Balaban J connectivity index is 1.87. The van der Waals surface area contributed by atoms with Gasteiger partial charge < -0.3 is 21.1 Å². The van der Waals surface area contributed by atoms with Crippen molar-refractivity contribution in [3.8, 4) is 5.75 Å². The van der Waals surface area contributed by atoms with Crippen molar-refractivity contribution >= 4 is 24.2 Å². The van der Waals surface area contributed by atoms with E-state index in [-0.39, 0.29) is 18.2 Å². The van der Waals surface area contributed by atoms with E-state index in [9.17, 15) is 9.90 Å². The van der Waals surface area contributed by atoms with Gasteiger partial charge in [-0.3, -0.25) is 4.79 Å². The molecule has 0 radical (unpaired) electrons. The Bertz CT molecular complexity index is 1250. The number of carbonyl (C=O) groups excluding carboxylic acids is 1. The predicted molar refractivity (Wildman–Crippen MR) is 144 cm³/mol. The number of carbonyl (C=O) groups is 1. The summed E-state index contributed by atoms with van der Waals surface area (Å²) in [6, 6.07) is 16.3. The Kier molecular flexibility index (Phi) is 7.58. The third-order valence-corrected chi connectivity index (χ3v) is 6.36. The number of aromatic hydroxyl groups is 1. The molecular weight excluding hydrogens is 456 g/mol. The topological polar surface area (TPSA) is 91.0 Å². The Labute approximate surface area is 211 Å². The fourth-order valence-electron chi connectivity index (χ4n) is 4.11. The van der Waals surface area contributed by atoms with Gasteiger partial charge in [0.1, 0.15) is 5.75 Å². The molecule has 35 heavy (non-hydrogen) atoms. The third kappa shape index (κ3) is 5.58. The summed E-state index contributed by atoms with van der Waals surface area (Å²) in [5.74, 6) is 0.301. The SMILES string of the molecule is C=C(NC1N=C(c2ccccc2)C2=CC(C)=CCC=C2N(Cc2cccc(O)c2)C1=O)C(N)CS. The second-order valence-corrected chi connectivity index (χ2v) is 9.00. The number of allylic oxidation sites excluding steroid dienone is 5. The van der Waals surface area contributed by atoms with Gasteiger partial charge in [-0.2, -0.15) is 12.6 Å². The molecule has 0 aromatic heterocycles. The molecular formula is C28H30N4O2S.